The second-order valence-corrected chi connectivity index (χ2v) is 5.55. The number of hydrogen-bond donors (Lipinski definition) is 3. The van der Waals surface area contributed by atoms with Crippen molar-refractivity contribution in [2.45, 2.75) is 44.4 Å². The molecule has 0 saturated heterocycles. The maximum Gasteiger partial charge on any atom is 0.145 e. The van der Waals surface area contributed by atoms with Gasteiger partial charge in [-0.25, -0.2) is 9.97 Å². The molecule has 1 aliphatic rings. The number of fused-ring (bicyclic) bond motifs is 1. The molecule has 0 amide bonds. The third-order valence-electron chi connectivity index (χ3n) is 4.33. The first-order valence-electron chi connectivity index (χ1n) is 7.06. The molecule has 6 nitrogen and oxygen atoms in total. The van der Waals surface area contributed by atoms with Crippen molar-refractivity contribution in [3.63, 3.8) is 0 Å². The molecule has 1 aliphatic carbocycles. The molecular weight excluding hydrogens is 256 g/mol. The van der Waals surface area contributed by atoms with Crippen molar-refractivity contribution in [2.24, 2.45) is 5.92 Å². The zero-order chi connectivity index (χ0) is 14.3. The van der Waals surface area contributed by atoms with Gasteiger partial charge < -0.3 is 20.5 Å². The van der Waals surface area contributed by atoms with Crippen LogP contribution in [0, 0.1) is 5.92 Å². The first-order valence-corrected chi connectivity index (χ1v) is 7.06. The van der Waals surface area contributed by atoms with Crippen molar-refractivity contribution in [1.29, 1.82) is 0 Å². The van der Waals surface area contributed by atoms with Gasteiger partial charge in [-0.1, -0.05) is 13.3 Å². The van der Waals surface area contributed by atoms with E-state index >= 15 is 0 Å². The molecule has 0 unspecified atom stereocenters. The SMILES string of the molecule is CCC[C@H]1C[C@@H](n2ccc3c(N)ncnc32)[C@H](O)[C@@H]1O. The molecule has 3 rings (SSSR count). The fourth-order valence-electron chi connectivity index (χ4n) is 3.29. The van der Waals surface area contributed by atoms with E-state index in [-0.39, 0.29) is 12.0 Å². The molecule has 0 aromatic carbocycles. The van der Waals surface area contributed by atoms with Gasteiger partial charge in [0.25, 0.3) is 0 Å². The predicted octanol–water partition coefficient (Wildman–Crippen LogP) is 1.10. The minimum Gasteiger partial charge on any atom is -0.390 e. The van der Waals surface area contributed by atoms with Crippen LogP contribution in [0.3, 0.4) is 0 Å². The summed E-state index contributed by atoms with van der Waals surface area (Å²) in [5.41, 5.74) is 6.54. The van der Waals surface area contributed by atoms with E-state index in [4.69, 9.17) is 5.73 Å². The number of anilines is 1. The van der Waals surface area contributed by atoms with Gasteiger partial charge in [0.1, 0.15) is 23.9 Å². The monoisotopic (exact) mass is 276 g/mol. The minimum absolute atomic E-state index is 0.136. The molecule has 4 atom stereocenters. The average molecular weight is 276 g/mol. The maximum absolute atomic E-state index is 10.3. The summed E-state index contributed by atoms with van der Waals surface area (Å²) in [7, 11) is 0. The second kappa shape index (κ2) is 5.03. The number of aliphatic hydroxyl groups excluding tert-OH is 2. The molecule has 1 saturated carbocycles. The summed E-state index contributed by atoms with van der Waals surface area (Å²) >= 11 is 0. The van der Waals surface area contributed by atoms with E-state index in [1.807, 2.05) is 16.8 Å². The summed E-state index contributed by atoms with van der Waals surface area (Å²) in [6.07, 6.45) is 4.53. The van der Waals surface area contributed by atoms with Crippen LogP contribution in [0.4, 0.5) is 5.82 Å². The lowest BCUT2D eigenvalue weighted by Crippen LogP contribution is -2.29. The average Bonchev–Trinajstić information content (AvgIpc) is 2.97. The highest BCUT2D eigenvalue weighted by molar-refractivity contribution is 5.86. The van der Waals surface area contributed by atoms with Gasteiger partial charge in [-0.05, 0) is 24.8 Å². The highest BCUT2D eigenvalue weighted by Gasteiger charge is 2.42. The molecule has 2 aromatic heterocycles. The van der Waals surface area contributed by atoms with Crippen LogP contribution in [0.1, 0.15) is 32.2 Å². The van der Waals surface area contributed by atoms with Gasteiger partial charge in [0, 0.05) is 6.20 Å². The van der Waals surface area contributed by atoms with Crippen molar-refractivity contribution < 1.29 is 10.2 Å². The quantitative estimate of drug-likeness (QED) is 0.780. The van der Waals surface area contributed by atoms with E-state index < -0.39 is 12.2 Å². The van der Waals surface area contributed by atoms with Crippen LogP contribution in [0.15, 0.2) is 18.6 Å². The van der Waals surface area contributed by atoms with Crippen LogP contribution in [-0.4, -0.2) is 37.0 Å². The second-order valence-electron chi connectivity index (χ2n) is 5.55. The van der Waals surface area contributed by atoms with Crippen molar-refractivity contribution in [2.75, 3.05) is 5.73 Å². The first kappa shape index (κ1) is 13.3. The Bertz CT molecular complexity index is 612. The van der Waals surface area contributed by atoms with Gasteiger partial charge in [-0.3, -0.25) is 0 Å². The van der Waals surface area contributed by atoms with E-state index in [1.165, 1.54) is 6.33 Å². The lowest BCUT2D eigenvalue weighted by molar-refractivity contribution is 0.00529. The largest absolute Gasteiger partial charge is 0.390 e. The maximum atomic E-state index is 10.3. The molecule has 2 heterocycles. The predicted molar refractivity (Wildman–Crippen MR) is 76.0 cm³/mol. The molecule has 20 heavy (non-hydrogen) atoms. The third kappa shape index (κ3) is 1.96. The zero-order valence-corrected chi connectivity index (χ0v) is 11.5. The Kier molecular flexibility index (Phi) is 3.35. The Morgan fingerprint density at radius 1 is 1.35 bits per heavy atom. The minimum atomic E-state index is -0.765. The van der Waals surface area contributed by atoms with Crippen LogP contribution in [0.2, 0.25) is 0 Å². The van der Waals surface area contributed by atoms with E-state index in [2.05, 4.69) is 16.9 Å². The molecule has 1 fully saturated rings. The van der Waals surface area contributed by atoms with Crippen LogP contribution >= 0.6 is 0 Å². The Labute approximate surface area is 117 Å². The molecule has 0 aliphatic heterocycles. The Balaban J connectivity index is 1.97. The van der Waals surface area contributed by atoms with Crippen LogP contribution in [-0.2, 0) is 0 Å². The van der Waals surface area contributed by atoms with Crippen molar-refractivity contribution in [3.05, 3.63) is 18.6 Å². The zero-order valence-electron chi connectivity index (χ0n) is 11.5. The van der Waals surface area contributed by atoms with Gasteiger partial charge in [0.2, 0.25) is 0 Å². The number of nitrogens with two attached hydrogens (primary N) is 1. The van der Waals surface area contributed by atoms with Crippen LogP contribution in [0.25, 0.3) is 11.0 Å². The van der Waals surface area contributed by atoms with Crippen molar-refractivity contribution >= 4 is 16.9 Å². The standard InChI is InChI=1S/C14H20N4O2/c1-2-3-8-6-10(12(20)11(8)19)18-5-4-9-13(15)16-7-17-14(9)18/h4-5,7-8,10-12,19-20H,2-3,6H2,1H3,(H2,15,16,17)/t8-,10+,11+,12-/m0/s1. The van der Waals surface area contributed by atoms with Crippen LogP contribution < -0.4 is 5.73 Å². The summed E-state index contributed by atoms with van der Waals surface area (Å²) in [5, 5.41) is 21.3. The number of rotatable bonds is 3. The molecule has 0 bridgehead atoms. The topological polar surface area (TPSA) is 97.2 Å². The summed E-state index contributed by atoms with van der Waals surface area (Å²) < 4.78 is 1.91. The fraction of sp³-hybridized carbons (Fsp3) is 0.571. The Hall–Kier alpha value is -1.66. The number of hydrogen-bond acceptors (Lipinski definition) is 5. The highest BCUT2D eigenvalue weighted by Crippen LogP contribution is 2.39. The summed E-state index contributed by atoms with van der Waals surface area (Å²) in [6, 6.07) is 1.70. The third-order valence-corrected chi connectivity index (χ3v) is 4.33. The first-order chi connectivity index (χ1) is 9.63. The smallest absolute Gasteiger partial charge is 0.145 e. The molecule has 0 radical (unpaired) electrons. The summed E-state index contributed by atoms with van der Waals surface area (Å²) in [6.45, 7) is 2.09. The lowest BCUT2D eigenvalue weighted by Gasteiger charge is -2.19. The normalized spacial score (nSPS) is 30.1. The highest BCUT2D eigenvalue weighted by atomic mass is 16.3. The number of aromatic nitrogens is 3. The number of nitrogens with zero attached hydrogens (tertiary/aromatic N) is 3. The van der Waals surface area contributed by atoms with E-state index in [9.17, 15) is 10.2 Å². The summed E-state index contributed by atoms with van der Waals surface area (Å²) in [4.78, 5) is 8.22. The summed E-state index contributed by atoms with van der Waals surface area (Å²) in [5.74, 6) is 0.573. The molecule has 6 heteroatoms. The fourth-order valence-corrected chi connectivity index (χ4v) is 3.29. The van der Waals surface area contributed by atoms with Crippen LogP contribution in [0.5, 0.6) is 0 Å². The van der Waals surface area contributed by atoms with Gasteiger partial charge in [-0.15, -0.1) is 0 Å². The van der Waals surface area contributed by atoms with E-state index in [0.29, 0.717) is 11.5 Å². The van der Waals surface area contributed by atoms with Crippen molar-refractivity contribution in [3.8, 4) is 0 Å². The molecule has 4 N–H and O–H groups in total. The Morgan fingerprint density at radius 2 is 2.15 bits per heavy atom. The van der Waals surface area contributed by atoms with E-state index in [0.717, 1.165) is 24.6 Å². The molecule has 0 spiro atoms. The number of aliphatic hydroxyl groups is 2. The van der Waals surface area contributed by atoms with Gasteiger partial charge in [-0.2, -0.15) is 0 Å². The Morgan fingerprint density at radius 3 is 2.90 bits per heavy atom. The molecule has 2 aromatic rings. The van der Waals surface area contributed by atoms with E-state index in [1.54, 1.807) is 0 Å². The van der Waals surface area contributed by atoms with Gasteiger partial charge in [0.05, 0.1) is 17.5 Å². The number of nitrogen functional groups attached to an aromatic ring is 1. The van der Waals surface area contributed by atoms with Crippen molar-refractivity contribution in [1.82, 2.24) is 14.5 Å². The lowest BCUT2D eigenvalue weighted by atomic mass is 10.00. The van der Waals surface area contributed by atoms with Gasteiger partial charge >= 0.3 is 0 Å². The molecular formula is C14H20N4O2. The van der Waals surface area contributed by atoms with Gasteiger partial charge in [0.15, 0.2) is 0 Å². The molecule has 108 valence electrons.